The van der Waals surface area contributed by atoms with Gasteiger partial charge in [0.25, 0.3) is 0 Å². The van der Waals surface area contributed by atoms with Crippen molar-refractivity contribution in [3.63, 3.8) is 0 Å². The average molecular weight is 261 g/mol. The first-order valence-electron chi connectivity index (χ1n) is 6.95. The molecule has 0 aliphatic heterocycles. The Morgan fingerprint density at radius 3 is 2.29 bits per heavy atom. The van der Waals surface area contributed by atoms with Gasteiger partial charge in [0.1, 0.15) is 5.78 Å². The summed E-state index contributed by atoms with van der Waals surface area (Å²) >= 11 is 2.04. The molecule has 0 bridgehead atoms. The summed E-state index contributed by atoms with van der Waals surface area (Å²) in [6, 6.07) is -0.238. The Kier molecular flexibility index (Phi) is 16.0. The molecule has 0 heterocycles. The Balaban J connectivity index is 0. The molecule has 0 aromatic rings. The quantitative estimate of drug-likeness (QED) is 0.637. The third-order valence-electron chi connectivity index (χ3n) is 2.55. The second-order valence-corrected chi connectivity index (χ2v) is 5.73. The molecule has 0 spiro atoms. The molecule has 17 heavy (non-hydrogen) atoms. The molecule has 2 unspecified atom stereocenters. The van der Waals surface area contributed by atoms with Crippen LogP contribution >= 0.6 is 11.8 Å². The third-order valence-corrected chi connectivity index (χ3v) is 3.88. The summed E-state index contributed by atoms with van der Waals surface area (Å²) < 4.78 is 0. The lowest BCUT2D eigenvalue weighted by atomic mass is 10.1. The second kappa shape index (κ2) is 14.0. The smallest absolute Gasteiger partial charge is 0.146 e. The van der Waals surface area contributed by atoms with Gasteiger partial charge in [-0.05, 0) is 31.9 Å². The van der Waals surface area contributed by atoms with Crippen molar-refractivity contribution >= 4 is 17.5 Å². The molecule has 0 aromatic heterocycles. The van der Waals surface area contributed by atoms with Crippen molar-refractivity contribution in [2.24, 2.45) is 5.73 Å². The van der Waals surface area contributed by atoms with Gasteiger partial charge in [-0.3, -0.25) is 4.79 Å². The summed E-state index contributed by atoms with van der Waals surface area (Å²) in [6.45, 7) is 10.1. The van der Waals surface area contributed by atoms with E-state index in [0.717, 1.165) is 12.8 Å². The number of rotatable bonds is 9. The highest BCUT2D eigenvalue weighted by molar-refractivity contribution is 7.99. The normalized spacial score (nSPS) is 13.5. The zero-order valence-electron chi connectivity index (χ0n) is 12.3. The monoisotopic (exact) mass is 261 g/mol. The molecule has 0 saturated carbocycles. The van der Waals surface area contributed by atoms with Crippen LogP contribution in [-0.4, -0.2) is 22.8 Å². The molecule has 3 heteroatoms. The zero-order valence-corrected chi connectivity index (χ0v) is 13.1. The predicted molar refractivity (Wildman–Crippen MR) is 80.7 cm³/mol. The van der Waals surface area contributed by atoms with Gasteiger partial charge in [-0.1, -0.05) is 40.5 Å². The molecule has 2 N–H and O–H groups in total. The molecular weight excluding hydrogens is 230 g/mol. The highest BCUT2D eigenvalue weighted by Gasteiger charge is 2.08. The van der Waals surface area contributed by atoms with Crippen LogP contribution in [0.4, 0.5) is 0 Å². The summed E-state index contributed by atoms with van der Waals surface area (Å²) in [4.78, 5) is 10.9. The minimum atomic E-state index is -0.238. The van der Waals surface area contributed by atoms with E-state index in [0.29, 0.717) is 5.25 Å². The minimum absolute atomic E-state index is 0.112. The van der Waals surface area contributed by atoms with E-state index in [1.165, 1.54) is 25.0 Å². The Morgan fingerprint density at radius 2 is 1.82 bits per heavy atom. The lowest BCUT2D eigenvalue weighted by molar-refractivity contribution is -0.118. The SMILES string of the molecule is CC.CCCCSC(C)CCCC(N)C(C)=O. The number of hydrogen-bond donors (Lipinski definition) is 1. The molecule has 104 valence electrons. The largest absolute Gasteiger partial charge is 0.322 e. The van der Waals surface area contributed by atoms with Crippen LogP contribution in [0.5, 0.6) is 0 Å². The maximum absolute atomic E-state index is 10.9. The highest BCUT2D eigenvalue weighted by Crippen LogP contribution is 2.18. The van der Waals surface area contributed by atoms with E-state index >= 15 is 0 Å². The first kappa shape index (κ1) is 19.3. The first-order chi connectivity index (χ1) is 8.07. The van der Waals surface area contributed by atoms with Crippen molar-refractivity contribution in [1.29, 1.82) is 0 Å². The maximum atomic E-state index is 10.9. The van der Waals surface area contributed by atoms with Crippen LogP contribution in [0.15, 0.2) is 0 Å². The molecule has 0 aromatic carbocycles. The topological polar surface area (TPSA) is 43.1 Å². The van der Waals surface area contributed by atoms with Gasteiger partial charge in [0.15, 0.2) is 0 Å². The Hall–Kier alpha value is -0.0200. The number of hydrogen-bond acceptors (Lipinski definition) is 3. The Morgan fingerprint density at radius 1 is 1.24 bits per heavy atom. The van der Waals surface area contributed by atoms with Crippen molar-refractivity contribution in [2.75, 3.05) is 5.75 Å². The molecular formula is C14H31NOS. The summed E-state index contributed by atoms with van der Waals surface area (Å²) in [5.41, 5.74) is 5.67. The molecule has 0 fully saturated rings. The highest BCUT2D eigenvalue weighted by atomic mass is 32.2. The van der Waals surface area contributed by atoms with E-state index < -0.39 is 0 Å². The van der Waals surface area contributed by atoms with E-state index in [1.54, 1.807) is 6.92 Å². The molecule has 0 rings (SSSR count). The molecule has 0 radical (unpaired) electrons. The Bertz CT molecular complexity index is 174. The van der Waals surface area contributed by atoms with Crippen LogP contribution in [0.2, 0.25) is 0 Å². The van der Waals surface area contributed by atoms with Crippen molar-refractivity contribution in [3.8, 4) is 0 Å². The number of Topliss-reactive ketones (excluding diaryl/α,β-unsaturated/α-hetero) is 1. The molecule has 0 aliphatic carbocycles. The summed E-state index contributed by atoms with van der Waals surface area (Å²) in [5, 5.41) is 0.704. The number of ketones is 1. The van der Waals surface area contributed by atoms with Gasteiger partial charge in [0.2, 0.25) is 0 Å². The fraction of sp³-hybridized carbons (Fsp3) is 0.929. The number of carbonyl (C=O) groups excluding carboxylic acids is 1. The van der Waals surface area contributed by atoms with Gasteiger partial charge in [0, 0.05) is 5.25 Å². The van der Waals surface area contributed by atoms with E-state index in [4.69, 9.17) is 5.73 Å². The first-order valence-corrected chi connectivity index (χ1v) is 8.00. The van der Waals surface area contributed by atoms with E-state index in [2.05, 4.69) is 13.8 Å². The van der Waals surface area contributed by atoms with Crippen LogP contribution < -0.4 is 5.73 Å². The van der Waals surface area contributed by atoms with Gasteiger partial charge in [-0.15, -0.1) is 0 Å². The summed E-state index contributed by atoms with van der Waals surface area (Å²) in [5.74, 6) is 1.37. The van der Waals surface area contributed by atoms with Gasteiger partial charge in [-0.2, -0.15) is 11.8 Å². The second-order valence-electron chi connectivity index (χ2n) is 4.18. The fourth-order valence-electron chi connectivity index (χ4n) is 1.34. The lowest BCUT2D eigenvalue weighted by Gasteiger charge is -2.12. The zero-order chi connectivity index (χ0) is 13.7. The molecule has 2 nitrogen and oxygen atoms in total. The number of unbranched alkanes of at least 4 members (excludes halogenated alkanes) is 1. The molecule has 0 saturated heterocycles. The number of nitrogens with two attached hydrogens (primary N) is 1. The van der Waals surface area contributed by atoms with E-state index in [-0.39, 0.29) is 11.8 Å². The third kappa shape index (κ3) is 13.9. The number of carbonyl (C=O) groups is 1. The van der Waals surface area contributed by atoms with E-state index in [9.17, 15) is 4.79 Å². The average Bonchev–Trinajstić information content (AvgIpc) is 2.31. The minimum Gasteiger partial charge on any atom is -0.322 e. The van der Waals surface area contributed by atoms with Gasteiger partial charge in [-0.25, -0.2) is 0 Å². The van der Waals surface area contributed by atoms with E-state index in [1.807, 2.05) is 25.6 Å². The van der Waals surface area contributed by atoms with Crippen molar-refractivity contribution in [3.05, 3.63) is 0 Å². The van der Waals surface area contributed by atoms with Gasteiger partial charge in [0.05, 0.1) is 6.04 Å². The van der Waals surface area contributed by atoms with Crippen LogP contribution in [0.3, 0.4) is 0 Å². The maximum Gasteiger partial charge on any atom is 0.146 e. The lowest BCUT2D eigenvalue weighted by Crippen LogP contribution is -2.28. The predicted octanol–water partition coefficient (Wildman–Crippen LogP) is 4.02. The molecule has 0 amide bonds. The Labute approximate surface area is 112 Å². The van der Waals surface area contributed by atoms with Crippen LogP contribution in [-0.2, 0) is 4.79 Å². The molecule has 0 aliphatic rings. The van der Waals surface area contributed by atoms with Crippen LogP contribution in [0, 0.1) is 0 Å². The summed E-state index contributed by atoms with van der Waals surface area (Å²) in [6.07, 6.45) is 5.67. The molecule has 2 atom stereocenters. The van der Waals surface area contributed by atoms with Crippen molar-refractivity contribution in [1.82, 2.24) is 0 Å². The van der Waals surface area contributed by atoms with Crippen LogP contribution in [0.1, 0.15) is 66.7 Å². The van der Waals surface area contributed by atoms with Crippen molar-refractivity contribution < 1.29 is 4.79 Å². The van der Waals surface area contributed by atoms with Crippen LogP contribution in [0.25, 0.3) is 0 Å². The summed E-state index contributed by atoms with van der Waals surface area (Å²) in [7, 11) is 0. The number of thioether (sulfide) groups is 1. The van der Waals surface area contributed by atoms with Crippen molar-refractivity contribution in [2.45, 2.75) is 78.0 Å². The van der Waals surface area contributed by atoms with Gasteiger partial charge < -0.3 is 5.73 Å². The standard InChI is InChI=1S/C12H25NOS.C2H6/c1-4-5-9-15-10(2)7-6-8-12(13)11(3)14;1-2/h10,12H,4-9,13H2,1-3H3;1-2H3. The van der Waals surface area contributed by atoms with Gasteiger partial charge >= 0.3 is 0 Å². The fourth-order valence-corrected chi connectivity index (χ4v) is 2.53.